The molecule has 0 rings (SSSR count). The lowest BCUT2D eigenvalue weighted by Crippen LogP contribution is -2.50. The highest BCUT2D eigenvalue weighted by Crippen LogP contribution is 2.15. The molecular formula is C5H13ClO3Si. The van der Waals surface area contributed by atoms with Crippen molar-refractivity contribution in [2.75, 3.05) is 21.3 Å². The second kappa shape index (κ2) is 4.30. The summed E-state index contributed by atoms with van der Waals surface area (Å²) >= 11 is 5.79. The van der Waals surface area contributed by atoms with Gasteiger partial charge >= 0.3 is 8.80 Å². The van der Waals surface area contributed by atoms with Gasteiger partial charge in [0.05, 0.1) is 0 Å². The van der Waals surface area contributed by atoms with Crippen LogP contribution in [0.2, 0.25) is 0 Å². The summed E-state index contributed by atoms with van der Waals surface area (Å²) in [6.07, 6.45) is 0. The lowest BCUT2D eigenvalue weighted by Gasteiger charge is -2.26. The van der Waals surface area contributed by atoms with Crippen LogP contribution in [-0.2, 0) is 13.3 Å². The molecule has 0 saturated carbocycles. The van der Waals surface area contributed by atoms with Crippen LogP contribution >= 0.6 is 11.6 Å². The van der Waals surface area contributed by atoms with E-state index in [1.807, 2.05) is 0 Å². The van der Waals surface area contributed by atoms with Gasteiger partial charge in [-0.05, 0) is 6.92 Å². The van der Waals surface area contributed by atoms with Crippen LogP contribution in [0.5, 0.6) is 0 Å². The van der Waals surface area contributed by atoms with Gasteiger partial charge in [0.25, 0.3) is 0 Å². The van der Waals surface area contributed by atoms with E-state index in [-0.39, 0.29) is 5.00 Å². The largest absolute Gasteiger partial charge is 0.518 e. The molecule has 10 heavy (non-hydrogen) atoms. The van der Waals surface area contributed by atoms with E-state index in [9.17, 15) is 0 Å². The predicted octanol–water partition coefficient (Wildman–Crippen LogP) is 1.03. The van der Waals surface area contributed by atoms with Gasteiger partial charge in [0.2, 0.25) is 0 Å². The van der Waals surface area contributed by atoms with E-state index in [0.29, 0.717) is 0 Å². The summed E-state index contributed by atoms with van der Waals surface area (Å²) in [5, 5.41) is -0.215. The molecule has 0 aliphatic rings. The SMILES string of the molecule is CO[Si](OC)(OC)C(C)Cl. The van der Waals surface area contributed by atoms with Crippen LogP contribution < -0.4 is 0 Å². The average molecular weight is 185 g/mol. The van der Waals surface area contributed by atoms with E-state index in [0.717, 1.165) is 0 Å². The molecular weight excluding hydrogens is 172 g/mol. The van der Waals surface area contributed by atoms with Gasteiger partial charge in [-0.2, -0.15) is 0 Å². The third kappa shape index (κ3) is 1.93. The standard InChI is InChI=1S/C5H13ClO3Si/c1-5(6)10(7-2,8-3)9-4/h5H,1-4H3. The second-order valence-electron chi connectivity index (χ2n) is 1.83. The summed E-state index contributed by atoms with van der Waals surface area (Å²) in [5.74, 6) is 0. The fourth-order valence-corrected chi connectivity index (χ4v) is 3.01. The molecule has 62 valence electrons. The first kappa shape index (κ1) is 10.4. The molecule has 0 heterocycles. The van der Waals surface area contributed by atoms with Crippen molar-refractivity contribution >= 4 is 20.4 Å². The monoisotopic (exact) mass is 184 g/mol. The first-order chi connectivity index (χ1) is 4.63. The fourth-order valence-electron chi connectivity index (χ4n) is 0.737. The normalized spacial score (nSPS) is 15.3. The van der Waals surface area contributed by atoms with Crippen LogP contribution in [0.1, 0.15) is 6.92 Å². The van der Waals surface area contributed by atoms with Crippen molar-refractivity contribution in [2.24, 2.45) is 0 Å². The highest BCUT2D eigenvalue weighted by Gasteiger charge is 2.43. The van der Waals surface area contributed by atoms with E-state index >= 15 is 0 Å². The number of hydrogen-bond acceptors (Lipinski definition) is 3. The molecule has 0 radical (unpaired) electrons. The van der Waals surface area contributed by atoms with E-state index in [2.05, 4.69) is 0 Å². The summed E-state index contributed by atoms with van der Waals surface area (Å²) in [4.78, 5) is 0. The number of halogens is 1. The Labute approximate surface area is 67.6 Å². The van der Waals surface area contributed by atoms with Gasteiger partial charge in [0.1, 0.15) is 5.00 Å². The maximum atomic E-state index is 5.79. The quantitative estimate of drug-likeness (QED) is 0.483. The first-order valence-corrected chi connectivity index (χ1v) is 5.16. The molecule has 0 aliphatic heterocycles. The van der Waals surface area contributed by atoms with E-state index in [1.54, 1.807) is 6.92 Å². The molecule has 0 aromatic heterocycles. The van der Waals surface area contributed by atoms with Crippen LogP contribution in [0.15, 0.2) is 0 Å². The molecule has 0 spiro atoms. The Morgan fingerprint density at radius 2 is 1.40 bits per heavy atom. The molecule has 5 heteroatoms. The van der Waals surface area contributed by atoms with Crippen molar-refractivity contribution < 1.29 is 13.3 Å². The molecule has 1 atom stereocenters. The Morgan fingerprint density at radius 1 is 1.10 bits per heavy atom. The molecule has 0 aromatic rings. The van der Waals surface area contributed by atoms with Crippen LogP contribution in [0, 0.1) is 0 Å². The van der Waals surface area contributed by atoms with Crippen molar-refractivity contribution in [2.45, 2.75) is 11.9 Å². The average Bonchev–Trinajstić information content (AvgIpc) is 1.92. The molecule has 0 N–H and O–H groups in total. The third-order valence-corrected chi connectivity index (χ3v) is 4.82. The highest BCUT2D eigenvalue weighted by molar-refractivity contribution is 6.71. The second-order valence-corrected chi connectivity index (χ2v) is 6.15. The Hall–Kier alpha value is 0.387. The molecule has 1 unspecified atom stereocenters. The number of rotatable bonds is 4. The van der Waals surface area contributed by atoms with Gasteiger partial charge in [0, 0.05) is 21.3 Å². The van der Waals surface area contributed by atoms with Crippen molar-refractivity contribution in [1.29, 1.82) is 0 Å². The van der Waals surface area contributed by atoms with Gasteiger partial charge in [-0.15, -0.1) is 11.6 Å². The van der Waals surface area contributed by atoms with Crippen LogP contribution in [0.25, 0.3) is 0 Å². The van der Waals surface area contributed by atoms with Crippen LogP contribution in [0.3, 0.4) is 0 Å². The summed E-state index contributed by atoms with van der Waals surface area (Å²) in [6.45, 7) is 1.80. The smallest absolute Gasteiger partial charge is 0.376 e. The lowest BCUT2D eigenvalue weighted by atomic mass is 11.0. The summed E-state index contributed by atoms with van der Waals surface area (Å²) < 4.78 is 15.2. The Morgan fingerprint density at radius 3 is 1.40 bits per heavy atom. The fraction of sp³-hybridized carbons (Fsp3) is 1.00. The van der Waals surface area contributed by atoms with E-state index < -0.39 is 8.80 Å². The van der Waals surface area contributed by atoms with E-state index in [4.69, 9.17) is 24.9 Å². The van der Waals surface area contributed by atoms with Crippen LogP contribution in [-0.4, -0.2) is 35.1 Å². The molecule has 0 aromatic carbocycles. The molecule has 0 fully saturated rings. The lowest BCUT2D eigenvalue weighted by molar-refractivity contribution is 0.122. The Kier molecular flexibility index (Phi) is 4.47. The molecule has 0 aliphatic carbocycles. The van der Waals surface area contributed by atoms with Gasteiger partial charge in [0.15, 0.2) is 0 Å². The Bertz CT molecular complexity index is 86.6. The molecule has 3 nitrogen and oxygen atoms in total. The van der Waals surface area contributed by atoms with Gasteiger partial charge in [-0.3, -0.25) is 0 Å². The van der Waals surface area contributed by atoms with Crippen LogP contribution in [0.4, 0.5) is 0 Å². The van der Waals surface area contributed by atoms with Crippen molar-refractivity contribution in [3.8, 4) is 0 Å². The third-order valence-electron chi connectivity index (χ3n) is 1.34. The highest BCUT2D eigenvalue weighted by atomic mass is 35.5. The van der Waals surface area contributed by atoms with Gasteiger partial charge in [-0.25, -0.2) is 0 Å². The minimum Gasteiger partial charge on any atom is -0.376 e. The maximum Gasteiger partial charge on any atom is 0.518 e. The van der Waals surface area contributed by atoms with Crippen molar-refractivity contribution in [3.05, 3.63) is 0 Å². The zero-order valence-corrected chi connectivity index (χ0v) is 8.44. The predicted molar refractivity (Wildman–Crippen MR) is 42.1 cm³/mol. The van der Waals surface area contributed by atoms with Crippen molar-refractivity contribution in [1.82, 2.24) is 0 Å². The molecule has 0 amide bonds. The van der Waals surface area contributed by atoms with Gasteiger partial charge < -0.3 is 13.3 Å². The topological polar surface area (TPSA) is 27.7 Å². The number of hydrogen-bond donors (Lipinski definition) is 0. The summed E-state index contributed by atoms with van der Waals surface area (Å²) in [5.41, 5.74) is 0. The molecule has 0 saturated heterocycles. The van der Waals surface area contributed by atoms with Gasteiger partial charge in [-0.1, -0.05) is 0 Å². The molecule has 0 bridgehead atoms. The van der Waals surface area contributed by atoms with E-state index in [1.165, 1.54) is 21.3 Å². The number of alkyl halides is 1. The zero-order valence-electron chi connectivity index (χ0n) is 6.68. The minimum absolute atomic E-state index is 0.215. The first-order valence-electron chi connectivity index (χ1n) is 2.92. The summed E-state index contributed by atoms with van der Waals surface area (Å²) in [6, 6.07) is 0. The maximum absolute atomic E-state index is 5.79. The summed E-state index contributed by atoms with van der Waals surface area (Å²) in [7, 11) is 2.09. The zero-order chi connectivity index (χ0) is 8.20. The Balaban J connectivity index is 4.15. The van der Waals surface area contributed by atoms with Crippen molar-refractivity contribution in [3.63, 3.8) is 0 Å². The minimum atomic E-state index is -2.53.